The van der Waals surface area contributed by atoms with E-state index in [0.717, 1.165) is 12.0 Å². The van der Waals surface area contributed by atoms with Crippen molar-refractivity contribution in [3.05, 3.63) is 16.7 Å². The van der Waals surface area contributed by atoms with Crippen LogP contribution in [-0.2, 0) is 11.3 Å². The Labute approximate surface area is 113 Å². The quantitative estimate of drug-likeness (QED) is 0.587. The second-order valence-electron chi connectivity index (χ2n) is 4.16. The number of nitrogens with two attached hydrogens (primary N) is 1. The van der Waals surface area contributed by atoms with Crippen molar-refractivity contribution in [3.8, 4) is 0 Å². The van der Waals surface area contributed by atoms with Gasteiger partial charge in [0.1, 0.15) is 6.29 Å². The fourth-order valence-electron chi connectivity index (χ4n) is 1.75. The summed E-state index contributed by atoms with van der Waals surface area (Å²) in [5, 5.41) is 0.291. The third-order valence-electron chi connectivity index (χ3n) is 2.58. The lowest BCUT2D eigenvalue weighted by molar-refractivity contribution is -0.107. The number of anilines is 1. The predicted octanol–water partition coefficient (Wildman–Crippen LogP) is 0.412. The molecule has 2 aromatic rings. The number of aldehydes is 1. The first-order valence-corrected chi connectivity index (χ1v) is 6.92. The van der Waals surface area contributed by atoms with E-state index >= 15 is 0 Å². The lowest BCUT2D eigenvalue weighted by atomic mass is 10.4. The first kappa shape index (κ1) is 13.6. The van der Waals surface area contributed by atoms with E-state index in [1.165, 1.54) is 0 Å². The molecular formula is C11H15N5O2S. The van der Waals surface area contributed by atoms with Gasteiger partial charge in [-0.3, -0.25) is 9.78 Å². The summed E-state index contributed by atoms with van der Waals surface area (Å²) < 4.78 is 1.81. The Kier molecular flexibility index (Phi) is 4.20. The number of hydrogen-bond donors (Lipinski definition) is 2. The SMILES string of the molecule is CC(Cn1cnc2c(=O)[nH]c(N)nc21)SCCC=O. The number of hydrogen-bond acceptors (Lipinski definition) is 6. The van der Waals surface area contributed by atoms with Crippen LogP contribution in [0.4, 0.5) is 5.95 Å². The molecule has 2 aromatic heterocycles. The van der Waals surface area contributed by atoms with Gasteiger partial charge in [0, 0.05) is 24.0 Å². The minimum Gasteiger partial charge on any atom is -0.369 e. The third kappa shape index (κ3) is 3.14. The molecule has 0 radical (unpaired) electrons. The zero-order valence-electron chi connectivity index (χ0n) is 10.5. The van der Waals surface area contributed by atoms with Gasteiger partial charge < -0.3 is 15.1 Å². The molecule has 8 heteroatoms. The number of carbonyl (C=O) groups is 1. The molecule has 0 aliphatic rings. The Bertz CT molecular complexity index is 636. The van der Waals surface area contributed by atoms with Crippen LogP contribution in [0.1, 0.15) is 13.3 Å². The summed E-state index contributed by atoms with van der Waals surface area (Å²) in [6.07, 6.45) is 3.04. The van der Waals surface area contributed by atoms with Crippen molar-refractivity contribution >= 4 is 35.2 Å². The van der Waals surface area contributed by atoms with Crippen molar-refractivity contribution in [1.29, 1.82) is 0 Å². The standard InChI is InChI=1S/C11H15N5O2S/c1-7(19-4-2-3-17)5-16-6-13-8-9(16)14-11(12)15-10(8)18/h3,6-7H,2,4-5H2,1H3,(H3,12,14,15,18). The van der Waals surface area contributed by atoms with Crippen LogP contribution in [0.25, 0.3) is 11.2 Å². The third-order valence-corrected chi connectivity index (χ3v) is 3.77. The minimum absolute atomic E-state index is 0.0838. The summed E-state index contributed by atoms with van der Waals surface area (Å²) >= 11 is 1.69. The van der Waals surface area contributed by atoms with Gasteiger partial charge in [-0.2, -0.15) is 16.7 Å². The Morgan fingerprint density at radius 3 is 3.16 bits per heavy atom. The van der Waals surface area contributed by atoms with Crippen molar-refractivity contribution in [3.63, 3.8) is 0 Å². The Hall–Kier alpha value is -1.83. The van der Waals surface area contributed by atoms with Crippen LogP contribution in [0.2, 0.25) is 0 Å². The number of aromatic amines is 1. The van der Waals surface area contributed by atoms with Gasteiger partial charge in [-0.1, -0.05) is 6.92 Å². The monoisotopic (exact) mass is 281 g/mol. The molecule has 0 aliphatic heterocycles. The second kappa shape index (κ2) is 5.87. The summed E-state index contributed by atoms with van der Waals surface area (Å²) in [5.41, 5.74) is 5.98. The maximum Gasteiger partial charge on any atom is 0.280 e. The average Bonchev–Trinajstić information content (AvgIpc) is 2.73. The fourth-order valence-corrected chi connectivity index (χ4v) is 2.65. The van der Waals surface area contributed by atoms with Gasteiger partial charge in [0.2, 0.25) is 5.95 Å². The molecule has 2 heterocycles. The molecular weight excluding hydrogens is 266 g/mol. The van der Waals surface area contributed by atoms with E-state index in [9.17, 15) is 9.59 Å². The van der Waals surface area contributed by atoms with Crippen LogP contribution in [0.3, 0.4) is 0 Å². The summed E-state index contributed by atoms with van der Waals surface area (Å²) in [7, 11) is 0. The van der Waals surface area contributed by atoms with Gasteiger partial charge in [0.25, 0.3) is 5.56 Å². The summed E-state index contributed by atoms with van der Waals surface area (Å²) in [6, 6.07) is 0. The van der Waals surface area contributed by atoms with Crippen LogP contribution in [0.5, 0.6) is 0 Å². The second-order valence-corrected chi connectivity index (χ2v) is 5.70. The number of nitrogen functional groups attached to an aromatic ring is 1. The molecule has 0 bridgehead atoms. The smallest absolute Gasteiger partial charge is 0.280 e. The number of imidazole rings is 1. The minimum atomic E-state index is -0.331. The molecule has 0 aliphatic carbocycles. The van der Waals surface area contributed by atoms with Gasteiger partial charge in [-0.15, -0.1) is 0 Å². The largest absolute Gasteiger partial charge is 0.369 e. The van der Waals surface area contributed by atoms with Crippen molar-refractivity contribution in [2.45, 2.75) is 25.1 Å². The molecule has 1 atom stereocenters. The first-order chi connectivity index (χ1) is 9.11. The maximum absolute atomic E-state index is 11.6. The average molecular weight is 281 g/mol. The van der Waals surface area contributed by atoms with Crippen LogP contribution in [0.15, 0.2) is 11.1 Å². The van der Waals surface area contributed by atoms with Gasteiger partial charge in [0.05, 0.1) is 6.33 Å². The summed E-state index contributed by atoms with van der Waals surface area (Å²) in [6.45, 7) is 2.72. The molecule has 1 unspecified atom stereocenters. The lowest BCUT2D eigenvalue weighted by Crippen LogP contribution is -2.14. The van der Waals surface area contributed by atoms with Gasteiger partial charge >= 0.3 is 0 Å². The number of carbonyl (C=O) groups excluding carboxylic acids is 1. The normalized spacial score (nSPS) is 12.7. The van der Waals surface area contributed by atoms with Gasteiger partial charge in [-0.05, 0) is 0 Å². The molecule has 3 N–H and O–H groups in total. The zero-order valence-corrected chi connectivity index (χ0v) is 11.3. The van der Waals surface area contributed by atoms with Crippen LogP contribution >= 0.6 is 11.8 Å². The van der Waals surface area contributed by atoms with E-state index in [1.54, 1.807) is 22.7 Å². The van der Waals surface area contributed by atoms with E-state index in [-0.39, 0.29) is 11.5 Å². The molecule has 0 amide bonds. The number of thioether (sulfide) groups is 1. The Morgan fingerprint density at radius 2 is 2.42 bits per heavy atom. The van der Waals surface area contributed by atoms with Crippen molar-refractivity contribution in [2.24, 2.45) is 0 Å². The van der Waals surface area contributed by atoms with Gasteiger partial charge in [0.15, 0.2) is 11.2 Å². The highest BCUT2D eigenvalue weighted by atomic mass is 32.2. The number of aromatic nitrogens is 4. The van der Waals surface area contributed by atoms with Crippen molar-refractivity contribution in [1.82, 2.24) is 19.5 Å². The van der Waals surface area contributed by atoms with Crippen LogP contribution in [-0.4, -0.2) is 36.8 Å². The number of nitrogens with one attached hydrogen (secondary N) is 1. The summed E-state index contributed by atoms with van der Waals surface area (Å²) in [4.78, 5) is 32.4. The summed E-state index contributed by atoms with van der Waals surface area (Å²) in [5.74, 6) is 0.869. The molecule has 7 nitrogen and oxygen atoms in total. The molecule has 0 spiro atoms. The van der Waals surface area contributed by atoms with Gasteiger partial charge in [-0.25, -0.2) is 4.98 Å². The zero-order chi connectivity index (χ0) is 13.8. The first-order valence-electron chi connectivity index (χ1n) is 5.87. The number of H-pyrrole nitrogens is 1. The highest BCUT2D eigenvalue weighted by molar-refractivity contribution is 7.99. The van der Waals surface area contributed by atoms with E-state index in [1.807, 2.05) is 0 Å². The number of rotatable bonds is 6. The number of nitrogens with zero attached hydrogens (tertiary/aromatic N) is 3. The molecule has 19 heavy (non-hydrogen) atoms. The Balaban J connectivity index is 2.17. The highest BCUT2D eigenvalue weighted by Crippen LogP contribution is 2.15. The lowest BCUT2D eigenvalue weighted by Gasteiger charge is -2.11. The highest BCUT2D eigenvalue weighted by Gasteiger charge is 2.11. The molecule has 0 fully saturated rings. The fraction of sp³-hybridized carbons (Fsp3) is 0.455. The van der Waals surface area contributed by atoms with Crippen LogP contribution in [0, 0.1) is 0 Å². The Morgan fingerprint density at radius 1 is 1.63 bits per heavy atom. The molecule has 102 valence electrons. The molecule has 2 rings (SSSR count). The van der Waals surface area contributed by atoms with E-state index < -0.39 is 0 Å². The molecule has 0 aromatic carbocycles. The predicted molar refractivity (Wildman–Crippen MR) is 75.2 cm³/mol. The molecule has 0 saturated carbocycles. The number of fused-ring (bicyclic) bond motifs is 1. The van der Waals surface area contributed by atoms with E-state index in [4.69, 9.17) is 5.73 Å². The van der Waals surface area contributed by atoms with Crippen molar-refractivity contribution in [2.75, 3.05) is 11.5 Å². The van der Waals surface area contributed by atoms with Crippen LogP contribution < -0.4 is 11.3 Å². The van der Waals surface area contributed by atoms with E-state index in [0.29, 0.717) is 29.4 Å². The molecule has 0 saturated heterocycles. The maximum atomic E-state index is 11.6. The van der Waals surface area contributed by atoms with E-state index in [2.05, 4.69) is 21.9 Å². The topological polar surface area (TPSA) is 107 Å². The van der Waals surface area contributed by atoms with Crippen molar-refractivity contribution < 1.29 is 4.79 Å².